The number of ether oxygens (including phenoxy) is 3. The molecule has 0 radical (unpaired) electrons. The zero-order valence-corrected chi connectivity index (χ0v) is 26.4. The third-order valence-corrected chi connectivity index (χ3v) is 8.30. The fourth-order valence-electron chi connectivity index (χ4n) is 4.05. The lowest BCUT2D eigenvalue weighted by Crippen LogP contribution is -2.70. The van der Waals surface area contributed by atoms with Crippen LogP contribution in [0.3, 0.4) is 0 Å². The van der Waals surface area contributed by atoms with Gasteiger partial charge in [-0.2, -0.15) is 0 Å². The molecule has 1 saturated heterocycles. The Morgan fingerprint density at radius 3 is 2.37 bits per heavy atom. The van der Waals surface area contributed by atoms with Gasteiger partial charge < -0.3 is 30.0 Å². The second kappa shape index (κ2) is 12.1. The number of thioether (sulfide) groups is 1. The molecule has 1 aromatic heterocycles. The Kier molecular flexibility index (Phi) is 9.04. The van der Waals surface area contributed by atoms with Crippen LogP contribution in [0.15, 0.2) is 29.1 Å². The summed E-state index contributed by atoms with van der Waals surface area (Å²) in [5, 5.41) is 16.4. The smallest absolute Gasteiger partial charge is 0.449 e. The highest BCUT2D eigenvalue weighted by molar-refractivity contribution is 8.00. The topological polar surface area (TPSA) is 185 Å². The lowest BCUT2D eigenvalue weighted by Gasteiger charge is -2.48. The number of carbonyl (C=O) groups excluding carboxylic acids is 4. The molecule has 2 aliphatic rings. The van der Waals surface area contributed by atoms with Gasteiger partial charge in [0, 0.05) is 5.75 Å². The van der Waals surface area contributed by atoms with Crippen molar-refractivity contribution >= 4 is 80.2 Å². The molecule has 2 unspecified atom stereocenters. The van der Waals surface area contributed by atoms with E-state index in [1.165, 1.54) is 11.8 Å². The maximum atomic E-state index is 13.6. The highest BCUT2D eigenvalue weighted by Crippen LogP contribution is 2.42. The number of alkyl carbamates (subject to hydrolysis) is 1. The van der Waals surface area contributed by atoms with E-state index in [0.717, 1.165) is 16.2 Å². The summed E-state index contributed by atoms with van der Waals surface area (Å²) in [6.07, 6.45) is -3.18. The maximum absolute atomic E-state index is 13.6. The molecule has 0 spiro atoms. The van der Waals surface area contributed by atoms with Gasteiger partial charge in [0.1, 0.15) is 28.7 Å². The average Bonchev–Trinajstić information content (AvgIpc) is 3.25. The van der Waals surface area contributed by atoms with Crippen LogP contribution in [0.5, 0.6) is 0 Å². The zero-order valence-electron chi connectivity index (χ0n) is 24.0. The predicted octanol–water partition coefficient (Wildman–Crippen LogP) is 4.71. The van der Waals surface area contributed by atoms with Crippen molar-refractivity contribution in [2.45, 2.75) is 70.2 Å². The SMILES string of the molecule is CC(C)(C)OC(=O)Nc1nc2ccc(C(NC(=O)OC(C)(C)C)C(=O)NC3C(=O)N4C(OC(=O)O)=C(Cl)CS[C@@H]34)cc2s1. The first-order chi connectivity index (χ1) is 19.9. The van der Waals surface area contributed by atoms with Gasteiger partial charge in [-0.3, -0.25) is 19.8 Å². The van der Waals surface area contributed by atoms with E-state index in [1.54, 1.807) is 59.7 Å². The fourth-order valence-corrected chi connectivity index (χ4v) is 6.43. The van der Waals surface area contributed by atoms with E-state index in [-0.39, 0.29) is 21.8 Å². The van der Waals surface area contributed by atoms with Crippen molar-refractivity contribution in [1.29, 1.82) is 0 Å². The predicted molar refractivity (Wildman–Crippen MR) is 159 cm³/mol. The van der Waals surface area contributed by atoms with Crippen molar-refractivity contribution in [3.63, 3.8) is 0 Å². The summed E-state index contributed by atoms with van der Waals surface area (Å²) in [4.78, 5) is 68.0. The minimum absolute atomic E-state index is 0.0460. The van der Waals surface area contributed by atoms with Gasteiger partial charge >= 0.3 is 18.3 Å². The van der Waals surface area contributed by atoms with E-state index in [2.05, 4.69) is 20.9 Å². The fraction of sp³-hybridized carbons (Fsp3) is 0.462. The summed E-state index contributed by atoms with van der Waals surface area (Å²) in [6.45, 7) is 10.2. The Morgan fingerprint density at radius 1 is 1.09 bits per heavy atom. The highest BCUT2D eigenvalue weighted by atomic mass is 35.5. The number of amides is 4. The Labute approximate surface area is 259 Å². The quantitative estimate of drug-likeness (QED) is 0.192. The number of halogens is 1. The molecule has 3 atom stereocenters. The van der Waals surface area contributed by atoms with Gasteiger partial charge in [0.15, 0.2) is 5.13 Å². The minimum Gasteiger partial charge on any atom is -0.449 e. The number of hydrogen-bond acceptors (Lipinski definition) is 11. The minimum atomic E-state index is -1.64. The Morgan fingerprint density at radius 2 is 1.74 bits per heavy atom. The molecule has 3 heterocycles. The van der Waals surface area contributed by atoms with Crippen molar-refractivity contribution < 1.29 is 43.3 Å². The van der Waals surface area contributed by atoms with Gasteiger partial charge in [-0.15, -0.1) is 11.8 Å². The molecule has 43 heavy (non-hydrogen) atoms. The van der Waals surface area contributed by atoms with Crippen LogP contribution in [0.4, 0.5) is 19.5 Å². The van der Waals surface area contributed by atoms with Crippen LogP contribution in [0.1, 0.15) is 53.1 Å². The van der Waals surface area contributed by atoms with Crippen molar-refractivity contribution in [3.05, 3.63) is 34.7 Å². The summed E-state index contributed by atoms with van der Waals surface area (Å²) in [5.74, 6) is -1.50. The van der Waals surface area contributed by atoms with Gasteiger partial charge in [0.05, 0.1) is 15.2 Å². The van der Waals surface area contributed by atoms with Crippen LogP contribution in [0.2, 0.25) is 0 Å². The normalized spacial score (nSPS) is 19.1. The molecule has 1 aromatic carbocycles. The number of carbonyl (C=O) groups is 5. The molecule has 0 aliphatic carbocycles. The molecule has 4 rings (SSSR count). The number of thiazole rings is 1. The maximum Gasteiger partial charge on any atom is 0.512 e. The van der Waals surface area contributed by atoms with Crippen LogP contribution < -0.4 is 16.0 Å². The van der Waals surface area contributed by atoms with Crippen molar-refractivity contribution in [3.8, 4) is 0 Å². The number of rotatable bonds is 6. The molecule has 1 fully saturated rings. The summed E-state index contributed by atoms with van der Waals surface area (Å²) in [7, 11) is 0. The van der Waals surface area contributed by atoms with Gasteiger partial charge in [-0.05, 0) is 59.2 Å². The third-order valence-electron chi connectivity index (χ3n) is 5.63. The molecule has 14 nitrogen and oxygen atoms in total. The second-order valence-electron chi connectivity index (χ2n) is 11.4. The molecule has 0 saturated carbocycles. The third kappa shape index (κ3) is 7.80. The van der Waals surface area contributed by atoms with E-state index in [9.17, 15) is 24.0 Å². The van der Waals surface area contributed by atoms with Crippen LogP contribution in [0, 0.1) is 0 Å². The van der Waals surface area contributed by atoms with E-state index < -0.39 is 58.8 Å². The van der Waals surface area contributed by atoms with Crippen LogP contribution in [-0.2, 0) is 23.8 Å². The van der Waals surface area contributed by atoms with Gasteiger partial charge in [0.2, 0.25) is 11.8 Å². The van der Waals surface area contributed by atoms with Crippen LogP contribution >= 0.6 is 34.7 Å². The monoisotopic (exact) mass is 655 g/mol. The number of anilines is 1. The molecule has 4 amide bonds. The molecule has 2 aromatic rings. The standard InChI is InChI=1S/C26H30ClN5O9S2/c1-25(2,3)40-22(35)30-15(11-7-8-13-14(9-11)43-21(28-13)31-23(36)41-26(4,5)6)17(33)29-16-18(34)32-19(39-24(37)38)12(27)10-42-20(16)32/h7-9,15-16,20H,10H2,1-6H3,(H,29,33)(H,30,35)(H,37,38)(H,28,31,36)/t15?,16?,20-/m0/s1. The summed E-state index contributed by atoms with van der Waals surface area (Å²) < 4.78 is 15.9. The van der Waals surface area contributed by atoms with Crippen LogP contribution in [-0.4, -0.2) is 73.5 Å². The van der Waals surface area contributed by atoms with Gasteiger partial charge in [0.25, 0.3) is 5.91 Å². The Balaban J connectivity index is 1.57. The van der Waals surface area contributed by atoms with Crippen molar-refractivity contribution in [1.82, 2.24) is 20.5 Å². The highest BCUT2D eigenvalue weighted by Gasteiger charge is 2.54. The van der Waals surface area contributed by atoms with Gasteiger partial charge in [-0.25, -0.2) is 19.4 Å². The average molecular weight is 656 g/mol. The first kappa shape index (κ1) is 32.2. The molecule has 0 bridgehead atoms. The zero-order chi connectivity index (χ0) is 31.9. The number of nitrogens with zero attached hydrogens (tertiary/aromatic N) is 2. The lowest BCUT2D eigenvalue weighted by atomic mass is 10.0. The summed E-state index contributed by atoms with van der Waals surface area (Å²) >= 11 is 8.42. The largest absolute Gasteiger partial charge is 0.512 e. The first-order valence-electron chi connectivity index (χ1n) is 12.9. The number of hydrogen-bond donors (Lipinski definition) is 4. The number of benzene rings is 1. The first-order valence-corrected chi connectivity index (χ1v) is 15.1. The molecular formula is C26H30ClN5O9S2. The van der Waals surface area contributed by atoms with Crippen molar-refractivity contribution in [2.24, 2.45) is 0 Å². The summed E-state index contributed by atoms with van der Waals surface area (Å²) in [5.41, 5.74) is -0.690. The second-order valence-corrected chi connectivity index (χ2v) is 14.0. The van der Waals surface area contributed by atoms with E-state index in [1.807, 2.05) is 0 Å². The Bertz CT molecular complexity index is 1510. The number of fused-ring (bicyclic) bond motifs is 2. The van der Waals surface area contributed by atoms with Crippen molar-refractivity contribution in [2.75, 3.05) is 11.1 Å². The number of β-lactam (4-membered cyclic amide) rings is 1. The molecule has 232 valence electrons. The number of carboxylic acid groups (broad SMARTS) is 1. The number of aromatic nitrogens is 1. The summed E-state index contributed by atoms with van der Waals surface area (Å²) in [6, 6.07) is 2.48. The van der Waals surface area contributed by atoms with E-state index in [0.29, 0.717) is 15.8 Å². The Hall–Kier alpha value is -3.76. The van der Waals surface area contributed by atoms with Gasteiger partial charge in [-0.1, -0.05) is 29.0 Å². The van der Waals surface area contributed by atoms with Crippen LogP contribution in [0.25, 0.3) is 10.2 Å². The molecule has 4 N–H and O–H groups in total. The molecular weight excluding hydrogens is 626 g/mol. The van der Waals surface area contributed by atoms with E-state index in [4.69, 9.17) is 30.9 Å². The van der Waals surface area contributed by atoms with E-state index >= 15 is 0 Å². The molecule has 17 heteroatoms. The molecule has 2 aliphatic heterocycles. The number of nitrogens with one attached hydrogen (secondary N) is 3. The lowest BCUT2D eigenvalue weighted by molar-refractivity contribution is -0.149.